The number of pyridine rings is 1. The van der Waals surface area contributed by atoms with Gasteiger partial charge < -0.3 is 10.6 Å². The fraction of sp³-hybridized carbons (Fsp3) is 0.0714. The second kappa shape index (κ2) is 5.49. The van der Waals surface area contributed by atoms with Gasteiger partial charge in [0.05, 0.1) is 22.4 Å². The van der Waals surface area contributed by atoms with E-state index < -0.39 is 5.82 Å². The minimum absolute atomic E-state index is 0.0728. The first-order valence-electron chi connectivity index (χ1n) is 6.19. The van der Waals surface area contributed by atoms with Crippen LogP contribution in [-0.4, -0.2) is 22.0 Å². The van der Waals surface area contributed by atoms with Crippen molar-refractivity contribution < 1.29 is 4.39 Å². The predicted molar refractivity (Wildman–Crippen MR) is 81.6 cm³/mol. The van der Waals surface area contributed by atoms with Gasteiger partial charge >= 0.3 is 0 Å². The number of anilines is 3. The van der Waals surface area contributed by atoms with E-state index in [1.54, 1.807) is 31.4 Å². The maximum Gasteiger partial charge on any atom is 0.224 e. The molecule has 0 unspecified atom stereocenters. The number of fused-ring (bicyclic) bond motifs is 1. The fourth-order valence-corrected chi connectivity index (χ4v) is 2.16. The van der Waals surface area contributed by atoms with Gasteiger partial charge in [0.1, 0.15) is 0 Å². The Morgan fingerprint density at radius 2 is 2.05 bits per heavy atom. The molecule has 7 heteroatoms. The van der Waals surface area contributed by atoms with Crippen LogP contribution in [0.25, 0.3) is 10.9 Å². The van der Waals surface area contributed by atoms with Gasteiger partial charge in [-0.2, -0.15) is 4.98 Å². The monoisotopic (exact) mass is 303 g/mol. The van der Waals surface area contributed by atoms with Gasteiger partial charge in [-0.15, -0.1) is 0 Å². The normalized spacial score (nSPS) is 10.6. The highest BCUT2D eigenvalue weighted by molar-refractivity contribution is 6.35. The molecule has 0 amide bonds. The topological polar surface area (TPSA) is 62.7 Å². The Morgan fingerprint density at radius 1 is 1.19 bits per heavy atom. The highest BCUT2D eigenvalue weighted by atomic mass is 35.5. The van der Waals surface area contributed by atoms with Crippen LogP contribution >= 0.6 is 11.6 Å². The lowest BCUT2D eigenvalue weighted by Gasteiger charge is -2.10. The van der Waals surface area contributed by atoms with Crippen molar-refractivity contribution in [3.05, 3.63) is 47.5 Å². The zero-order valence-corrected chi connectivity index (χ0v) is 11.8. The third kappa shape index (κ3) is 2.57. The number of benzene rings is 1. The van der Waals surface area contributed by atoms with E-state index in [4.69, 9.17) is 11.6 Å². The first kappa shape index (κ1) is 13.5. The zero-order valence-electron chi connectivity index (χ0n) is 11.1. The van der Waals surface area contributed by atoms with Crippen LogP contribution in [0, 0.1) is 5.82 Å². The van der Waals surface area contributed by atoms with E-state index in [2.05, 4.69) is 25.6 Å². The molecular weight excluding hydrogens is 293 g/mol. The lowest BCUT2D eigenvalue weighted by Crippen LogP contribution is -2.03. The molecule has 2 N–H and O–H groups in total. The van der Waals surface area contributed by atoms with Gasteiger partial charge in [-0.05, 0) is 24.3 Å². The summed E-state index contributed by atoms with van der Waals surface area (Å²) in [6, 6.07) is 7.11. The van der Waals surface area contributed by atoms with E-state index in [1.165, 1.54) is 0 Å². The smallest absolute Gasteiger partial charge is 0.224 e. The SMILES string of the molecule is CNc1ncc(F)c(Nc2ccc(Cl)c3cccnc23)n1. The van der Waals surface area contributed by atoms with Crippen LogP contribution in [0.15, 0.2) is 36.7 Å². The quantitative estimate of drug-likeness (QED) is 0.774. The van der Waals surface area contributed by atoms with Crippen LogP contribution in [0.5, 0.6) is 0 Å². The van der Waals surface area contributed by atoms with Gasteiger partial charge in [0.25, 0.3) is 0 Å². The molecular formula is C14H11ClFN5. The van der Waals surface area contributed by atoms with Crippen molar-refractivity contribution in [1.29, 1.82) is 0 Å². The largest absolute Gasteiger partial charge is 0.357 e. The molecule has 106 valence electrons. The number of hydrogen-bond acceptors (Lipinski definition) is 5. The highest BCUT2D eigenvalue weighted by Crippen LogP contribution is 2.30. The van der Waals surface area contributed by atoms with Crippen LogP contribution in [0.1, 0.15) is 0 Å². The molecule has 0 aliphatic heterocycles. The van der Waals surface area contributed by atoms with Crippen molar-refractivity contribution in [3.8, 4) is 0 Å². The molecule has 0 atom stereocenters. The summed E-state index contributed by atoms with van der Waals surface area (Å²) in [5.41, 5.74) is 1.27. The third-order valence-electron chi connectivity index (χ3n) is 2.94. The first-order chi connectivity index (χ1) is 10.2. The van der Waals surface area contributed by atoms with Crippen LogP contribution < -0.4 is 10.6 Å². The Morgan fingerprint density at radius 3 is 2.86 bits per heavy atom. The van der Waals surface area contributed by atoms with E-state index in [0.717, 1.165) is 11.6 Å². The van der Waals surface area contributed by atoms with Crippen LogP contribution in [0.2, 0.25) is 5.02 Å². The van der Waals surface area contributed by atoms with E-state index in [9.17, 15) is 4.39 Å². The molecule has 21 heavy (non-hydrogen) atoms. The number of halogens is 2. The molecule has 0 radical (unpaired) electrons. The molecule has 0 fully saturated rings. The Hall–Kier alpha value is -2.47. The Bertz CT molecular complexity index is 808. The standard InChI is InChI=1S/C14H11ClFN5/c1-17-14-19-7-10(16)13(21-14)20-11-5-4-9(15)8-3-2-6-18-12(8)11/h2-7H,1H3,(H2,17,19,20,21). The Labute approximate surface area is 125 Å². The van der Waals surface area contributed by atoms with Gasteiger partial charge in [-0.25, -0.2) is 9.37 Å². The zero-order chi connectivity index (χ0) is 14.8. The van der Waals surface area contributed by atoms with E-state index in [0.29, 0.717) is 22.2 Å². The Kier molecular flexibility index (Phi) is 3.53. The van der Waals surface area contributed by atoms with Crippen LogP contribution in [0.4, 0.5) is 21.8 Å². The van der Waals surface area contributed by atoms with Crippen molar-refractivity contribution in [1.82, 2.24) is 15.0 Å². The molecule has 0 aliphatic rings. The molecule has 0 saturated carbocycles. The predicted octanol–water partition coefficient (Wildman–Crippen LogP) is 3.60. The molecule has 0 saturated heterocycles. The second-order valence-electron chi connectivity index (χ2n) is 4.26. The summed E-state index contributed by atoms with van der Waals surface area (Å²) in [4.78, 5) is 12.1. The molecule has 0 spiro atoms. The highest BCUT2D eigenvalue weighted by Gasteiger charge is 2.10. The lowest BCUT2D eigenvalue weighted by molar-refractivity contribution is 0.619. The molecule has 5 nitrogen and oxygen atoms in total. The minimum Gasteiger partial charge on any atom is -0.357 e. The molecule has 2 aromatic heterocycles. The summed E-state index contributed by atoms with van der Waals surface area (Å²) in [5, 5.41) is 7.06. The van der Waals surface area contributed by atoms with Crippen molar-refractivity contribution >= 4 is 40.0 Å². The van der Waals surface area contributed by atoms with Crippen LogP contribution in [-0.2, 0) is 0 Å². The molecule has 0 aliphatic carbocycles. The summed E-state index contributed by atoms with van der Waals surface area (Å²) in [7, 11) is 1.66. The van der Waals surface area contributed by atoms with Gasteiger partial charge in [0.2, 0.25) is 5.95 Å². The third-order valence-corrected chi connectivity index (χ3v) is 3.27. The van der Waals surface area contributed by atoms with Crippen molar-refractivity contribution in [2.75, 3.05) is 17.7 Å². The van der Waals surface area contributed by atoms with Gasteiger partial charge in [0, 0.05) is 18.6 Å². The van der Waals surface area contributed by atoms with Crippen molar-refractivity contribution in [3.63, 3.8) is 0 Å². The summed E-state index contributed by atoms with van der Waals surface area (Å²) in [6.07, 6.45) is 2.76. The van der Waals surface area contributed by atoms with E-state index in [1.807, 2.05) is 6.07 Å². The number of hydrogen-bond donors (Lipinski definition) is 2. The average Bonchev–Trinajstić information content (AvgIpc) is 2.52. The van der Waals surface area contributed by atoms with Crippen LogP contribution in [0.3, 0.4) is 0 Å². The molecule has 3 rings (SSSR count). The second-order valence-corrected chi connectivity index (χ2v) is 4.67. The number of nitrogens with zero attached hydrogens (tertiary/aromatic N) is 3. The minimum atomic E-state index is -0.548. The van der Waals surface area contributed by atoms with Crippen molar-refractivity contribution in [2.24, 2.45) is 0 Å². The first-order valence-corrected chi connectivity index (χ1v) is 6.57. The fourth-order valence-electron chi connectivity index (χ4n) is 1.94. The molecule has 2 heterocycles. The summed E-state index contributed by atoms with van der Waals surface area (Å²) in [5.74, 6) is -0.151. The van der Waals surface area contributed by atoms with Gasteiger partial charge in [-0.1, -0.05) is 11.6 Å². The van der Waals surface area contributed by atoms with Gasteiger partial charge in [0.15, 0.2) is 11.6 Å². The number of rotatable bonds is 3. The van der Waals surface area contributed by atoms with Gasteiger partial charge in [-0.3, -0.25) is 4.98 Å². The maximum atomic E-state index is 13.8. The summed E-state index contributed by atoms with van der Waals surface area (Å²) in [6.45, 7) is 0. The average molecular weight is 304 g/mol. The van der Waals surface area contributed by atoms with E-state index >= 15 is 0 Å². The van der Waals surface area contributed by atoms with Crippen molar-refractivity contribution in [2.45, 2.75) is 0 Å². The summed E-state index contributed by atoms with van der Waals surface area (Å²) < 4.78 is 13.8. The molecule has 0 bridgehead atoms. The maximum absolute atomic E-state index is 13.8. The molecule has 3 aromatic rings. The number of nitrogens with one attached hydrogen (secondary N) is 2. The number of aromatic nitrogens is 3. The lowest BCUT2D eigenvalue weighted by atomic mass is 10.2. The summed E-state index contributed by atoms with van der Waals surface area (Å²) >= 11 is 6.13. The molecule has 1 aromatic carbocycles. The Balaban J connectivity index is 2.08. The van der Waals surface area contributed by atoms with E-state index in [-0.39, 0.29) is 5.82 Å².